The van der Waals surface area contributed by atoms with Crippen molar-refractivity contribution >= 4 is 30.3 Å². The number of fused-ring (bicyclic) bond motifs is 3. The lowest BCUT2D eigenvalue weighted by Crippen LogP contribution is -2.44. The van der Waals surface area contributed by atoms with Gasteiger partial charge in [0.05, 0.1) is 24.5 Å². The van der Waals surface area contributed by atoms with E-state index in [1.54, 1.807) is 6.07 Å². The van der Waals surface area contributed by atoms with Crippen LogP contribution in [0, 0.1) is 23.6 Å². The van der Waals surface area contributed by atoms with Gasteiger partial charge in [-0.05, 0) is 59.8 Å². The number of likely N-dealkylation sites (tertiary alicyclic amines) is 1. The van der Waals surface area contributed by atoms with E-state index in [1.165, 1.54) is 28.4 Å². The molecule has 2 fully saturated rings. The van der Waals surface area contributed by atoms with Crippen molar-refractivity contribution < 1.29 is 28.8 Å². The summed E-state index contributed by atoms with van der Waals surface area (Å²) in [4.78, 5) is 29.2. The normalized spacial score (nSPS) is 27.2. The number of amides is 2. The Balaban J connectivity index is 1.50. The van der Waals surface area contributed by atoms with Crippen LogP contribution in [-0.2, 0) is 20.8 Å². The standard InChI is InChI=1S/C24H25BFNO5S/c1-2-4-14-9-17-21(24(30)27(23(17)29)12-15-5-3-8-33-15)16-11-20(32-25(31)22(14)16)13-6-7-19(28)18(26)10-13/h3,5-8,10,16-17,20-21,28,31H,2,4,9,11-12H2,1H3/t16-,17-,20-,21+/m0/s1. The number of aromatic hydroxyl groups is 1. The number of allylic oxidation sites excluding steroid dienone is 2. The van der Waals surface area contributed by atoms with Crippen LogP contribution in [0.15, 0.2) is 46.8 Å². The number of carbonyl (C=O) groups is 2. The first kappa shape index (κ1) is 22.3. The Morgan fingerprint density at radius 3 is 2.76 bits per heavy atom. The minimum Gasteiger partial charge on any atom is -0.505 e. The smallest absolute Gasteiger partial charge is 0.487 e. The Hall–Kier alpha value is -2.49. The number of phenolic OH excluding ortho intramolecular Hbond substituents is 1. The first-order valence-corrected chi connectivity index (χ1v) is 12.2. The van der Waals surface area contributed by atoms with Crippen LogP contribution >= 0.6 is 11.3 Å². The number of benzene rings is 1. The molecular weight excluding hydrogens is 444 g/mol. The summed E-state index contributed by atoms with van der Waals surface area (Å²) in [5, 5.41) is 22.4. The van der Waals surface area contributed by atoms with Crippen LogP contribution in [0.2, 0.25) is 0 Å². The number of rotatable bonds is 5. The number of imide groups is 1. The van der Waals surface area contributed by atoms with Crippen molar-refractivity contribution in [1.82, 2.24) is 4.90 Å². The van der Waals surface area contributed by atoms with Gasteiger partial charge >= 0.3 is 7.12 Å². The lowest BCUT2D eigenvalue weighted by molar-refractivity contribution is -0.140. The second kappa shape index (κ2) is 8.70. The first-order valence-electron chi connectivity index (χ1n) is 11.3. The summed E-state index contributed by atoms with van der Waals surface area (Å²) >= 11 is 1.51. The van der Waals surface area contributed by atoms with Gasteiger partial charge in [0.1, 0.15) is 0 Å². The number of halogens is 1. The monoisotopic (exact) mass is 469 g/mol. The molecule has 0 radical (unpaired) electrons. The van der Waals surface area contributed by atoms with Crippen molar-refractivity contribution in [3.8, 4) is 5.75 Å². The molecule has 0 spiro atoms. The van der Waals surface area contributed by atoms with Crippen molar-refractivity contribution in [3.63, 3.8) is 0 Å². The number of phenols is 1. The zero-order valence-corrected chi connectivity index (χ0v) is 19.1. The average molecular weight is 469 g/mol. The van der Waals surface area contributed by atoms with Crippen LogP contribution in [0.1, 0.15) is 49.2 Å². The van der Waals surface area contributed by atoms with Crippen molar-refractivity contribution in [2.75, 3.05) is 0 Å². The molecule has 3 aliphatic rings. The third-order valence-electron chi connectivity index (χ3n) is 7.09. The van der Waals surface area contributed by atoms with Crippen LogP contribution in [0.5, 0.6) is 5.75 Å². The van der Waals surface area contributed by atoms with Crippen LogP contribution in [0.4, 0.5) is 4.39 Å². The van der Waals surface area contributed by atoms with Gasteiger partial charge < -0.3 is 14.8 Å². The molecule has 4 atom stereocenters. The second-order valence-corrected chi connectivity index (χ2v) is 10.0. The van der Waals surface area contributed by atoms with E-state index in [-0.39, 0.29) is 24.3 Å². The Kier molecular flexibility index (Phi) is 5.88. The summed E-state index contributed by atoms with van der Waals surface area (Å²) in [5.74, 6) is -2.96. The van der Waals surface area contributed by atoms with Crippen LogP contribution in [0.25, 0.3) is 0 Å². The fraction of sp³-hybridized carbons (Fsp3) is 0.417. The molecule has 2 saturated heterocycles. The Morgan fingerprint density at radius 1 is 1.24 bits per heavy atom. The zero-order valence-electron chi connectivity index (χ0n) is 18.2. The molecule has 2 aliphatic heterocycles. The predicted octanol–water partition coefficient (Wildman–Crippen LogP) is 3.99. The van der Waals surface area contributed by atoms with Gasteiger partial charge in [0.15, 0.2) is 11.6 Å². The Bertz CT molecular complexity index is 1120. The van der Waals surface area contributed by atoms with Crippen LogP contribution in [0.3, 0.4) is 0 Å². The summed E-state index contributed by atoms with van der Waals surface area (Å²) in [6.07, 6.45) is 1.73. The summed E-state index contributed by atoms with van der Waals surface area (Å²) in [5.41, 5.74) is 2.19. The minimum atomic E-state index is -1.22. The molecule has 33 heavy (non-hydrogen) atoms. The molecule has 0 unspecified atom stereocenters. The van der Waals surface area contributed by atoms with E-state index in [4.69, 9.17) is 4.65 Å². The molecule has 5 rings (SSSR count). The van der Waals surface area contributed by atoms with Gasteiger partial charge in [-0.1, -0.05) is 31.1 Å². The lowest BCUT2D eigenvalue weighted by atomic mass is 9.54. The Labute approximate surface area is 195 Å². The number of thiophene rings is 1. The van der Waals surface area contributed by atoms with E-state index >= 15 is 0 Å². The van der Waals surface area contributed by atoms with Gasteiger partial charge in [-0.25, -0.2) is 4.39 Å². The number of nitrogens with zero attached hydrogens (tertiary/aromatic N) is 1. The van der Waals surface area contributed by atoms with E-state index in [0.29, 0.717) is 23.9 Å². The summed E-state index contributed by atoms with van der Waals surface area (Å²) in [6, 6.07) is 7.81. The summed E-state index contributed by atoms with van der Waals surface area (Å²) in [7, 11) is -1.22. The molecule has 1 aromatic carbocycles. The molecule has 1 aromatic heterocycles. The quantitative estimate of drug-likeness (QED) is 0.511. The van der Waals surface area contributed by atoms with Crippen molar-refractivity contribution in [3.05, 3.63) is 63.0 Å². The third-order valence-corrected chi connectivity index (χ3v) is 7.95. The van der Waals surface area contributed by atoms with Gasteiger partial charge in [0, 0.05) is 4.88 Å². The van der Waals surface area contributed by atoms with E-state index in [2.05, 4.69) is 0 Å². The highest BCUT2D eigenvalue weighted by atomic mass is 32.1. The van der Waals surface area contributed by atoms with Gasteiger partial charge in [-0.3, -0.25) is 14.5 Å². The second-order valence-electron chi connectivity index (χ2n) is 9.02. The van der Waals surface area contributed by atoms with Gasteiger partial charge in [-0.2, -0.15) is 0 Å². The maximum Gasteiger partial charge on any atom is 0.487 e. The van der Waals surface area contributed by atoms with E-state index in [1.807, 2.05) is 24.4 Å². The van der Waals surface area contributed by atoms with Crippen molar-refractivity contribution in [2.45, 2.75) is 45.3 Å². The zero-order chi connectivity index (χ0) is 23.3. The maximum absolute atomic E-state index is 14.0. The molecule has 2 aromatic rings. The molecule has 2 amide bonds. The van der Waals surface area contributed by atoms with Crippen LogP contribution in [-0.4, -0.2) is 34.0 Å². The van der Waals surface area contributed by atoms with Gasteiger partial charge in [-0.15, -0.1) is 11.3 Å². The van der Waals surface area contributed by atoms with Gasteiger partial charge in [0.2, 0.25) is 11.8 Å². The van der Waals surface area contributed by atoms with Crippen LogP contribution < -0.4 is 0 Å². The fourth-order valence-electron chi connectivity index (χ4n) is 5.67. The molecular formula is C24H25BFNO5S. The first-order chi connectivity index (χ1) is 15.9. The molecule has 2 N–H and O–H groups in total. The van der Waals surface area contributed by atoms with Crippen molar-refractivity contribution in [1.29, 1.82) is 0 Å². The molecule has 6 nitrogen and oxygen atoms in total. The van der Waals surface area contributed by atoms with Crippen molar-refractivity contribution in [2.24, 2.45) is 17.8 Å². The maximum atomic E-state index is 14.0. The number of hydrogen-bond donors (Lipinski definition) is 2. The summed E-state index contributed by atoms with van der Waals surface area (Å²) in [6.45, 7) is 2.30. The van der Waals surface area contributed by atoms with E-state index in [0.717, 1.165) is 23.3 Å². The lowest BCUT2D eigenvalue weighted by Gasteiger charge is -2.42. The molecule has 3 heterocycles. The highest BCUT2D eigenvalue weighted by Crippen LogP contribution is 2.52. The van der Waals surface area contributed by atoms with E-state index in [9.17, 15) is 24.1 Å². The van der Waals surface area contributed by atoms with Gasteiger partial charge in [0.25, 0.3) is 0 Å². The Morgan fingerprint density at radius 2 is 2.06 bits per heavy atom. The topological polar surface area (TPSA) is 87.1 Å². The highest BCUT2D eigenvalue weighted by Gasteiger charge is 2.57. The largest absolute Gasteiger partial charge is 0.505 e. The number of hydrogen-bond acceptors (Lipinski definition) is 6. The SMILES string of the molecule is CCCC1=C2B(O)O[C@H](c3ccc(O)c(F)c3)C[C@H]2[C@H]2C(=O)N(Cc3cccs3)C(=O)[C@H]2C1. The third kappa shape index (κ3) is 3.82. The molecule has 9 heteroatoms. The van der Waals surface area contributed by atoms with E-state index < -0.39 is 36.6 Å². The number of carbonyl (C=O) groups excluding carboxylic acids is 2. The fourth-order valence-corrected chi connectivity index (χ4v) is 6.36. The predicted molar refractivity (Wildman–Crippen MR) is 121 cm³/mol. The molecule has 1 aliphatic carbocycles. The molecule has 0 bridgehead atoms. The minimum absolute atomic E-state index is 0.153. The highest BCUT2D eigenvalue weighted by molar-refractivity contribution is 7.09. The summed E-state index contributed by atoms with van der Waals surface area (Å²) < 4.78 is 19.9. The molecule has 0 saturated carbocycles. The average Bonchev–Trinajstić information content (AvgIpc) is 3.38. The molecule has 172 valence electrons.